The molecule has 0 unspecified atom stereocenters. The number of hydrogen-bond donors (Lipinski definition) is 2. The molecule has 1 fully saturated rings. The number of morpholine rings is 1. The Hall–Kier alpha value is -3.20. The second kappa shape index (κ2) is 11.3. The van der Waals surface area contributed by atoms with Crippen LogP contribution in [-0.2, 0) is 4.74 Å². The van der Waals surface area contributed by atoms with Gasteiger partial charge in [-0.1, -0.05) is 24.8 Å². The molecule has 34 heavy (non-hydrogen) atoms. The van der Waals surface area contributed by atoms with Crippen LogP contribution in [0.1, 0.15) is 6.42 Å². The van der Waals surface area contributed by atoms with E-state index >= 15 is 0 Å². The van der Waals surface area contributed by atoms with Gasteiger partial charge in [-0.15, -0.1) is 0 Å². The third-order valence-electron chi connectivity index (χ3n) is 5.44. The highest BCUT2D eigenvalue weighted by atomic mass is 35.5. The average molecular weight is 484 g/mol. The zero-order valence-electron chi connectivity index (χ0n) is 18.8. The lowest BCUT2D eigenvalue weighted by atomic mass is 10.1. The third-order valence-corrected chi connectivity index (χ3v) is 5.73. The zero-order valence-corrected chi connectivity index (χ0v) is 19.6. The summed E-state index contributed by atoms with van der Waals surface area (Å²) in [6.45, 7) is 12.7. The minimum absolute atomic E-state index is 0.0285. The van der Waals surface area contributed by atoms with E-state index in [0.29, 0.717) is 35.1 Å². The topological polar surface area (TPSA) is 71.5 Å². The van der Waals surface area contributed by atoms with E-state index in [0.717, 1.165) is 50.3 Å². The van der Waals surface area contributed by atoms with Gasteiger partial charge in [0.1, 0.15) is 23.7 Å². The van der Waals surface area contributed by atoms with Gasteiger partial charge in [-0.3, -0.25) is 4.90 Å². The molecule has 2 aromatic carbocycles. The molecule has 0 amide bonds. The SMILES string of the molecule is C=CC(=C)Nc1cc2c(Nc3ccc(F)c(Cl)c3)ncnc2cc1OCCCN1CCOCC1. The van der Waals surface area contributed by atoms with E-state index in [2.05, 4.69) is 38.7 Å². The Bertz CT molecular complexity index is 1180. The highest BCUT2D eigenvalue weighted by Gasteiger charge is 2.14. The van der Waals surface area contributed by atoms with Gasteiger partial charge < -0.3 is 20.1 Å². The van der Waals surface area contributed by atoms with Crippen molar-refractivity contribution in [2.75, 3.05) is 50.1 Å². The number of nitrogens with zero attached hydrogens (tertiary/aromatic N) is 3. The molecule has 0 radical (unpaired) electrons. The van der Waals surface area contributed by atoms with Crippen molar-refractivity contribution in [3.63, 3.8) is 0 Å². The van der Waals surface area contributed by atoms with Crippen LogP contribution in [0.4, 0.5) is 21.6 Å². The zero-order chi connectivity index (χ0) is 23.9. The summed E-state index contributed by atoms with van der Waals surface area (Å²) >= 11 is 5.92. The summed E-state index contributed by atoms with van der Waals surface area (Å²) < 4.78 is 25.1. The number of hydrogen-bond acceptors (Lipinski definition) is 7. The number of halogens is 2. The summed E-state index contributed by atoms with van der Waals surface area (Å²) in [4.78, 5) is 11.1. The first-order valence-corrected chi connectivity index (χ1v) is 11.4. The van der Waals surface area contributed by atoms with E-state index in [1.807, 2.05) is 12.1 Å². The fourth-order valence-electron chi connectivity index (χ4n) is 3.63. The van der Waals surface area contributed by atoms with Gasteiger partial charge >= 0.3 is 0 Å². The summed E-state index contributed by atoms with van der Waals surface area (Å²) in [6, 6.07) is 8.18. The number of anilines is 3. The molecule has 0 bridgehead atoms. The fourth-order valence-corrected chi connectivity index (χ4v) is 3.81. The van der Waals surface area contributed by atoms with Crippen LogP contribution in [0.25, 0.3) is 10.9 Å². The number of ether oxygens (including phenoxy) is 2. The van der Waals surface area contributed by atoms with Crippen LogP contribution in [-0.4, -0.2) is 54.3 Å². The van der Waals surface area contributed by atoms with Gasteiger partial charge in [-0.2, -0.15) is 0 Å². The fraction of sp³-hybridized carbons (Fsp3) is 0.280. The van der Waals surface area contributed by atoms with Crippen molar-refractivity contribution in [3.05, 3.63) is 72.4 Å². The maximum Gasteiger partial charge on any atom is 0.144 e. The molecular formula is C25H27ClFN5O2. The van der Waals surface area contributed by atoms with Crippen molar-refractivity contribution in [3.8, 4) is 5.75 Å². The van der Waals surface area contributed by atoms with E-state index in [-0.39, 0.29) is 5.02 Å². The van der Waals surface area contributed by atoms with Crippen molar-refractivity contribution in [2.45, 2.75) is 6.42 Å². The van der Waals surface area contributed by atoms with E-state index in [1.165, 1.54) is 18.5 Å². The molecule has 2 heterocycles. The van der Waals surface area contributed by atoms with Crippen LogP contribution in [0.15, 0.2) is 61.6 Å². The number of benzene rings is 2. The highest BCUT2D eigenvalue weighted by Crippen LogP contribution is 2.34. The molecule has 0 atom stereocenters. The first-order chi connectivity index (χ1) is 16.5. The molecule has 1 saturated heterocycles. The van der Waals surface area contributed by atoms with E-state index in [4.69, 9.17) is 21.1 Å². The Kier molecular flexibility index (Phi) is 7.95. The Morgan fingerprint density at radius 3 is 2.82 bits per heavy atom. The first kappa shape index (κ1) is 23.9. The Balaban J connectivity index is 1.56. The van der Waals surface area contributed by atoms with Crippen molar-refractivity contribution in [1.29, 1.82) is 0 Å². The molecule has 0 aliphatic carbocycles. The van der Waals surface area contributed by atoms with Crippen molar-refractivity contribution < 1.29 is 13.9 Å². The standard InChI is InChI=1S/C25H27ClFN5O2/c1-3-17(2)30-23-14-19-22(15-24(23)34-10-4-7-32-8-11-33-12-9-32)28-16-29-25(19)31-18-5-6-21(27)20(26)13-18/h3,5-6,13-16,30H,1-2,4,7-12H2,(H,28,29,31). The number of rotatable bonds is 10. The minimum atomic E-state index is -0.482. The van der Waals surface area contributed by atoms with Crippen LogP contribution in [0.5, 0.6) is 5.75 Å². The minimum Gasteiger partial charge on any atom is -0.491 e. The third kappa shape index (κ3) is 6.02. The average Bonchev–Trinajstić information content (AvgIpc) is 2.85. The van der Waals surface area contributed by atoms with E-state index in [9.17, 15) is 4.39 Å². The van der Waals surface area contributed by atoms with Crippen LogP contribution in [0.2, 0.25) is 5.02 Å². The Morgan fingerprint density at radius 2 is 2.06 bits per heavy atom. The number of fused-ring (bicyclic) bond motifs is 1. The molecule has 3 aromatic rings. The maximum absolute atomic E-state index is 13.5. The largest absolute Gasteiger partial charge is 0.491 e. The van der Waals surface area contributed by atoms with Gasteiger partial charge in [-0.05, 0) is 36.8 Å². The lowest BCUT2D eigenvalue weighted by Gasteiger charge is -2.26. The molecule has 1 aliphatic rings. The van der Waals surface area contributed by atoms with Crippen molar-refractivity contribution >= 4 is 39.7 Å². The normalized spacial score (nSPS) is 14.1. The van der Waals surface area contributed by atoms with Gasteiger partial charge in [0.2, 0.25) is 0 Å². The lowest BCUT2D eigenvalue weighted by molar-refractivity contribution is 0.0358. The Morgan fingerprint density at radius 1 is 1.24 bits per heavy atom. The van der Waals surface area contributed by atoms with Gasteiger partial charge in [0.25, 0.3) is 0 Å². The van der Waals surface area contributed by atoms with Crippen LogP contribution < -0.4 is 15.4 Å². The number of allylic oxidation sites excluding steroid dienone is 1. The van der Waals surface area contributed by atoms with E-state index < -0.39 is 5.82 Å². The predicted octanol–water partition coefficient (Wildman–Crippen LogP) is 5.38. The second-order valence-corrected chi connectivity index (χ2v) is 8.26. The van der Waals surface area contributed by atoms with Crippen LogP contribution in [0, 0.1) is 5.82 Å². The molecule has 0 saturated carbocycles. The molecule has 0 spiro atoms. The van der Waals surface area contributed by atoms with Gasteiger partial charge in [0.05, 0.1) is 36.0 Å². The summed E-state index contributed by atoms with van der Waals surface area (Å²) in [5.74, 6) is 0.732. The lowest BCUT2D eigenvalue weighted by Crippen LogP contribution is -2.37. The molecule has 9 heteroatoms. The Labute approximate surface area is 203 Å². The van der Waals surface area contributed by atoms with Gasteiger partial charge in [-0.25, -0.2) is 14.4 Å². The molecule has 7 nitrogen and oxygen atoms in total. The molecule has 2 N–H and O–H groups in total. The highest BCUT2D eigenvalue weighted by molar-refractivity contribution is 6.31. The molecule has 1 aliphatic heterocycles. The van der Waals surface area contributed by atoms with E-state index in [1.54, 1.807) is 12.1 Å². The monoisotopic (exact) mass is 483 g/mol. The van der Waals surface area contributed by atoms with Crippen molar-refractivity contribution in [2.24, 2.45) is 0 Å². The quantitative estimate of drug-likeness (QED) is 0.296. The van der Waals surface area contributed by atoms with Gasteiger partial charge in [0.15, 0.2) is 0 Å². The molecule has 4 rings (SSSR count). The summed E-state index contributed by atoms with van der Waals surface area (Å²) in [7, 11) is 0. The number of nitrogens with one attached hydrogen (secondary N) is 2. The van der Waals surface area contributed by atoms with Crippen LogP contribution in [0.3, 0.4) is 0 Å². The van der Waals surface area contributed by atoms with Gasteiger partial charge in [0, 0.05) is 42.5 Å². The van der Waals surface area contributed by atoms with Crippen LogP contribution >= 0.6 is 11.6 Å². The first-order valence-electron chi connectivity index (χ1n) is 11.1. The molecule has 1 aromatic heterocycles. The summed E-state index contributed by atoms with van der Waals surface area (Å²) in [5, 5.41) is 7.20. The molecule has 178 valence electrons. The maximum atomic E-state index is 13.5. The molecular weight excluding hydrogens is 457 g/mol. The summed E-state index contributed by atoms with van der Waals surface area (Å²) in [6.07, 6.45) is 3.99. The van der Waals surface area contributed by atoms with Crippen molar-refractivity contribution in [1.82, 2.24) is 14.9 Å². The summed E-state index contributed by atoms with van der Waals surface area (Å²) in [5.41, 5.74) is 2.66. The second-order valence-electron chi connectivity index (χ2n) is 7.85. The number of aromatic nitrogens is 2. The smallest absolute Gasteiger partial charge is 0.144 e. The predicted molar refractivity (Wildman–Crippen MR) is 135 cm³/mol.